The molecule has 0 bridgehead atoms. The summed E-state index contributed by atoms with van der Waals surface area (Å²) in [6.45, 7) is 1.89. The lowest BCUT2D eigenvalue weighted by molar-refractivity contribution is 0.103. The van der Waals surface area contributed by atoms with Gasteiger partial charge in [0.1, 0.15) is 17.1 Å². The van der Waals surface area contributed by atoms with E-state index >= 15 is 0 Å². The number of benzene rings is 1. The van der Waals surface area contributed by atoms with Crippen LogP contribution < -0.4 is 9.47 Å². The van der Waals surface area contributed by atoms with E-state index in [-0.39, 0.29) is 5.78 Å². The Morgan fingerprint density at radius 1 is 1.11 bits per heavy atom. The van der Waals surface area contributed by atoms with Gasteiger partial charge in [0.2, 0.25) is 5.78 Å². The number of carbonyl (C=O) groups is 1. The number of carbonyl (C=O) groups excluding carboxylic acids is 1. The Bertz CT molecular complexity index is 586. The molecule has 1 aromatic heterocycles. The van der Waals surface area contributed by atoms with Crippen molar-refractivity contribution in [3.8, 4) is 11.5 Å². The molecular weight excluding hydrogens is 242 g/mol. The summed E-state index contributed by atoms with van der Waals surface area (Å²) >= 11 is 0. The van der Waals surface area contributed by atoms with Crippen molar-refractivity contribution in [1.82, 2.24) is 4.98 Å². The molecule has 0 radical (unpaired) electrons. The molecule has 0 fully saturated rings. The van der Waals surface area contributed by atoms with Gasteiger partial charge in [-0.3, -0.25) is 9.78 Å². The van der Waals surface area contributed by atoms with Crippen molar-refractivity contribution in [3.05, 3.63) is 53.3 Å². The van der Waals surface area contributed by atoms with Gasteiger partial charge in [-0.15, -0.1) is 0 Å². The van der Waals surface area contributed by atoms with E-state index in [1.807, 2.05) is 6.92 Å². The summed E-state index contributed by atoms with van der Waals surface area (Å²) in [4.78, 5) is 16.6. The van der Waals surface area contributed by atoms with Crippen molar-refractivity contribution >= 4 is 5.78 Å². The standard InChI is InChI=1S/C15H15NO3/c1-10-7-11(9-16-8-10)15(17)14-12(18-2)5-4-6-13(14)19-3/h4-9H,1-3H3. The SMILES string of the molecule is COc1cccc(OC)c1C(=O)c1cncc(C)c1. The maximum atomic E-state index is 12.6. The molecule has 1 aromatic carbocycles. The van der Waals surface area contributed by atoms with Crippen molar-refractivity contribution in [1.29, 1.82) is 0 Å². The average Bonchev–Trinajstić information content (AvgIpc) is 2.45. The quantitative estimate of drug-likeness (QED) is 0.790. The highest BCUT2D eigenvalue weighted by molar-refractivity contribution is 6.12. The van der Waals surface area contributed by atoms with E-state index in [0.717, 1.165) is 5.56 Å². The number of ether oxygens (including phenoxy) is 2. The first kappa shape index (κ1) is 13.1. The number of rotatable bonds is 4. The first-order valence-electron chi connectivity index (χ1n) is 5.84. The maximum Gasteiger partial charge on any atom is 0.202 e. The van der Waals surface area contributed by atoms with E-state index in [2.05, 4.69) is 4.98 Å². The number of hydrogen-bond acceptors (Lipinski definition) is 4. The number of aromatic nitrogens is 1. The second-order valence-corrected chi connectivity index (χ2v) is 4.12. The molecule has 4 nitrogen and oxygen atoms in total. The highest BCUT2D eigenvalue weighted by Gasteiger charge is 2.19. The number of pyridine rings is 1. The number of nitrogens with zero attached hydrogens (tertiary/aromatic N) is 1. The van der Waals surface area contributed by atoms with Crippen LogP contribution in [0.3, 0.4) is 0 Å². The van der Waals surface area contributed by atoms with Crippen molar-refractivity contribution in [2.45, 2.75) is 6.92 Å². The lowest BCUT2D eigenvalue weighted by Crippen LogP contribution is -2.07. The summed E-state index contributed by atoms with van der Waals surface area (Å²) in [6, 6.07) is 7.04. The summed E-state index contributed by atoms with van der Waals surface area (Å²) in [7, 11) is 3.06. The van der Waals surface area contributed by atoms with Crippen molar-refractivity contribution in [2.24, 2.45) is 0 Å². The second kappa shape index (κ2) is 5.52. The third-order valence-electron chi connectivity index (χ3n) is 2.79. The molecule has 0 aliphatic heterocycles. The molecule has 1 heterocycles. The van der Waals surface area contributed by atoms with Crippen molar-refractivity contribution < 1.29 is 14.3 Å². The molecule has 19 heavy (non-hydrogen) atoms. The Kier molecular flexibility index (Phi) is 3.80. The topological polar surface area (TPSA) is 48.4 Å². The summed E-state index contributed by atoms with van der Waals surface area (Å²) in [5.74, 6) is 0.821. The van der Waals surface area contributed by atoms with Gasteiger partial charge in [-0.25, -0.2) is 0 Å². The van der Waals surface area contributed by atoms with Gasteiger partial charge >= 0.3 is 0 Å². The molecule has 0 saturated heterocycles. The second-order valence-electron chi connectivity index (χ2n) is 4.12. The number of ketones is 1. The third-order valence-corrected chi connectivity index (χ3v) is 2.79. The molecule has 0 amide bonds. The van der Waals surface area contributed by atoms with Crippen LogP contribution in [0.1, 0.15) is 21.5 Å². The zero-order valence-electron chi connectivity index (χ0n) is 11.1. The van der Waals surface area contributed by atoms with Crippen LogP contribution in [0.5, 0.6) is 11.5 Å². The van der Waals surface area contributed by atoms with Crippen LogP contribution in [0.25, 0.3) is 0 Å². The Morgan fingerprint density at radius 3 is 2.26 bits per heavy atom. The van der Waals surface area contributed by atoms with E-state index in [1.54, 1.807) is 36.7 Å². The number of aryl methyl sites for hydroxylation is 1. The van der Waals surface area contributed by atoms with Gasteiger partial charge in [0.25, 0.3) is 0 Å². The van der Waals surface area contributed by atoms with E-state index in [9.17, 15) is 4.79 Å². The predicted molar refractivity (Wildman–Crippen MR) is 72.0 cm³/mol. The Morgan fingerprint density at radius 2 is 1.74 bits per heavy atom. The van der Waals surface area contributed by atoms with Crippen LogP contribution in [0.2, 0.25) is 0 Å². The van der Waals surface area contributed by atoms with Crippen molar-refractivity contribution in [3.63, 3.8) is 0 Å². The van der Waals surface area contributed by atoms with Gasteiger partial charge in [-0.2, -0.15) is 0 Å². The first-order chi connectivity index (χ1) is 9.17. The first-order valence-corrected chi connectivity index (χ1v) is 5.84. The van der Waals surface area contributed by atoms with Gasteiger partial charge < -0.3 is 9.47 Å². The molecule has 2 aromatic rings. The van der Waals surface area contributed by atoms with Crippen LogP contribution in [0.15, 0.2) is 36.7 Å². The maximum absolute atomic E-state index is 12.6. The Hall–Kier alpha value is -2.36. The van der Waals surface area contributed by atoms with E-state index in [0.29, 0.717) is 22.6 Å². The Labute approximate surface area is 112 Å². The highest BCUT2D eigenvalue weighted by Crippen LogP contribution is 2.30. The highest BCUT2D eigenvalue weighted by atomic mass is 16.5. The molecule has 4 heteroatoms. The molecular formula is C15H15NO3. The third kappa shape index (κ3) is 2.57. The lowest BCUT2D eigenvalue weighted by Gasteiger charge is -2.12. The monoisotopic (exact) mass is 257 g/mol. The minimum Gasteiger partial charge on any atom is -0.496 e. The lowest BCUT2D eigenvalue weighted by atomic mass is 10.0. The molecule has 2 rings (SSSR count). The zero-order chi connectivity index (χ0) is 13.8. The summed E-state index contributed by atoms with van der Waals surface area (Å²) in [5, 5.41) is 0. The molecule has 0 N–H and O–H groups in total. The van der Waals surface area contributed by atoms with Crippen LogP contribution in [0, 0.1) is 6.92 Å². The molecule has 98 valence electrons. The molecule has 0 saturated carbocycles. The summed E-state index contributed by atoms with van der Waals surface area (Å²) < 4.78 is 10.5. The minimum absolute atomic E-state index is 0.162. The van der Waals surface area contributed by atoms with Gasteiger partial charge in [0.05, 0.1) is 14.2 Å². The molecule has 0 spiro atoms. The summed E-state index contributed by atoms with van der Waals surface area (Å²) in [5.41, 5.74) is 1.86. The van der Waals surface area contributed by atoms with Crippen LogP contribution in [-0.2, 0) is 0 Å². The minimum atomic E-state index is -0.162. The zero-order valence-corrected chi connectivity index (χ0v) is 11.1. The Balaban J connectivity index is 2.55. The molecule has 0 unspecified atom stereocenters. The van der Waals surface area contributed by atoms with E-state index < -0.39 is 0 Å². The van der Waals surface area contributed by atoms with Gasteiger partial charge in [0.15, 0.2) is 0 Å². The normalized spacial score (nSPS) is 10.1. The summed E-state index contributed by atoms with van der Waals surface area (Å²) in [6.07, 6.45) is 3.25. The fourth-order valence-corrected chi connectivity index (χ4v) is 1.90. The van der Waals surface area contributed by atoms with Crippen LogP contribution in [0.4, 0.5) is 0 Å². The van der Waals surface area contributed by atoms with Gasteiger partial charge in [-0.05, 0) is 30.7 Å². The van der Waals surface area contributed by atoms with Crippen LogP contribution >= 0.6 is 0 Å². The van der Waals surface area contributed by atoms with Gasteiger partial charge in [0, 0.05) is 18.0 Å². The average molecular weight is 257 g/mol. The molecule has 0 aliphatic carbocycles. The van der Waals surface area contributed by atoms with Gasteiger partial charge in [-0.1, -0.05) is 6.07 Å². The molecule has 0 atom stereocenters. The van der Waals surface area contributed by atoms with Crippen molar-refractivity contribution in [2.75, 3.05) is 14.2 Å². The molecule has 0 aliphatic rings. The number of methoxy groups -OCH3 is 2. The van der Waals surface area contributed by atoms with E-state index in [1.165, 1.54) is 14.2 Å². The fourth-order valence-electron chi connectivity index (χ4n) is 1.90. The largest absolute Gasteiger partial charge is 0.496 e. The number of hydrogen-bond donors (Lipinski definition) is 0. The predicted octanol–water partition coefficient (Wildman–Crippen LogP) is 2.64. The van der Waals surface area contributed by atoms with E-state index in [4.69, 9.17) is 9.47 Å². The smallest absolute Gasteiger partial charge is 0.202 e. The fraction of sp³-hybridized carbons (Fsp3) is 0.200. The van der Waals surface area contributed by atoms with Crippen LogP contribution in [-0.4, -0.2) is 25.0 Å².